The summed E-state index contributed by atoms with van der Waals surface area (Å²) in [5, 5.41) is 12.4. The molecule has 0 aromatic carbocycles. The third-order valence-corrected chi connectivity index (χ3v) is 4.54. The van der Waals surface area contributed by atoms with E-state index in [1.54, 1.807) is 7.05 Å². The average molecular weight is 305 g/mol. The van der Waals surface area contributed by atoms with Crippen molar-refractivity contribution in [3.05, 3.63) is 21.9 Å². The highest BCUT2D eigenvalue weighted by molar-refractivity contribution is 6.41. The molecule has 5 nitrogen and oxygen atoms in total. The van der Waals surface area contributed by atoms with Gasteiger partial charge in [0.25, 0.3) is 5.91 Å². The van der Waals surface area contributed by atoms with E-state index in [2.05, 4.69) is 5.32 Å². The van der Waals surface area contributed by atoms with Gasteiger partial charge in [0.05, 0.1) is 10.4 Å². The molecule has 0 spiro atoms. The van der Waals surface area contributed by atoms with E-state index in [0.717, 1.165) is 6.42 Å². The maximum absolute atomic E-state index is 12.0. The zero-order valence-corrected chi connectivity index (χ0v) is 11.9. The zero-order chi connectivity index (χ0) is 14.2. The first-order chi connectivity index (χ1) is 8.87. The number of aliphatic carboxylic acids is 1. The Balaban J connectivity index is 2.06. The largest absolute Gasteiger partial charge is 0.481 e. The van der Waals surface area contributed by atoms with Gasteiger partial charge in [-0.2, -0.15) is 0 Å². The van der Waals surface area contributed by atoms with Crippen LogP contribution in [0.5, 0.6) is 0 Å². The summed E-state index contributed by atoms with van der Waals surface area (Å²) in [7, 11) is 1.62. The van der Waals surface area contributed by atoms with Crippen LogP contribution in [0.4, 0.5) is 0 Å². The molecular formula is C12H14Cl2N2O3. The number of carbonyl (C=O) groups is 2. The molecule has 0 atom stereocenters. The maximum Gasteiger partial charge on any atom is 0.311 e. The summed E-state index contributed by atoms with van der Waals surface area (Å²) in [6.45, 7) is 0.127. The van der Waals surface area contributed by atoms with Gasteiger partial charge in [-0.05, 0) is 18.9 Å². The van der Waals surface area contributed by atoms with Crippen molar-refractivity contribution in [3.63, 3.8) is 0 Å². The molecule has 1 saturated carbocycles. The minimum atomic E-state index is -0.859. The molecule has 0 aliphatic heterocycles. The number of amides is 1. The molecular weight excluding hydrogens is 291 g/mol. The van der Waals surface area contributed by atoms with E-state index in [1.165, 1.54) is 10.6 Å². The lowest BCUT2D eigenvalue weighted by Gasteiger charge is -2.37. The number of halogens is 2. The van der Waals surface area contributed by atoms with Crippen molar-refractivity contribution in [3.8, 4) is 0 Å². The van der Waals surface area contributed by atoms with Crippen molar-refractivity contribution in [2.75, 3.05) is 6.54 Å². The van der Waals surface area contributed by atoms with Gasteiger partial charge in [0.2, 0.25) is 0 Å². The van der Waals surface area contributed by atoms with Crippen LogP contribution < -0.4 is 5.32 Å². The van der Waals surface area contributed by atoms with E-state index in [1.807, 2.05) is 0 Å². The lowest BCUT2D eigenvalue weighted by molar-refractivity contribution is -0.153. The molecule has 1 heterocycles. The van der Waals surface area contributed by atoms with E-state index < -0.39 is 11.4 Å². The van der Waals surface area contributed by atoms with Crippen LogP contribution in [0.1, 0.15) is 29.8 Å². The van der Waals surface area contributed by atoms with Gasteiger partial charge in [-0.3, -0.25) is 9.59 Å². The highest BCUT2D eigenvalue weighted by atomic mass is 35.5. The van der Waals surface area contributed by atoms with Crippen molar-refractivity contribution in [1.29, 1.82) is 0 Å². The summed E-state index contributed by atoms with van der Waals surface area (Å²) < 4.78 is 1.47. The van der Waals surface area contributed by atoms with E-state index in [-0.39, 0.29) is 17.6 Å². The van der Waals surface area contributed by atoms with Crippen molar-refractivity contribution >= 4 is 35.1 Å². The summed E-state index contributed by atoms with van der Waals surface area (Å²) in [6.07, 6.45) is 2.07. The molecule has 7 heteroatoms. The molecule has 1 aliphatic rings. The number of carbonyl (C=O) groups excluding carboxylic acids is 1. The molecule has 2 N–H and O–H groups in total. The molecule has 0 unspecified atom stereocenters. The number of hydrogen-bond acceptors (Lipinski definition) is 2. The molecule has 104 valence electrons. The van der Waals surface area contributed by atoms with Crippen molar-refractivity contribution < 1.29 is 14.7 Å². The Morgan fingerprint density at radius 3 is 2.47 bits per heavy atom. The second-order valence-corrected chi connectivity index (χ2v) is 5.61. The molecule has 1 fully saturated rings. The Labute approximate surface area is 120 Å². The van der Waals surface area contributed by atoms with Gasteiger partial charge in [-0.1, -0.05) is 29.6 Å². The van der Waals surface area contributed by atoms with E-state index in [4.69, 9.17) is 23.2 Å². The molecule has 0 saturated heterocycles. The average Bonchev–Trinajstić information content (AvgIpc) is 2.55. The molecule has 1 aliphatic carbocycles. The monoisotopic (exact) mass is 304 g/mol. The summed E-state index contributed by atoms with van der Waals surface area (Å²) in [5.74, 6) is -1.23. The first-order valence-corrected chi connectivity index (χ1v) is 6.65. The van der Waals surface area contributed by atoms with Crippen LogP contribution >= 0.6 is 23.2 Å². The van der Waals surface area contributed by atoms with Crippen LogP contribution in [0.25, 0.3) is 0 Å². The Bertz CT molecular complexity index is 535. The predicted octanol–water partition coefficient (Wildman–Crippen LogP) is 2.32. The third kappa shape index (κ3) is 2.44. The van der Waals surface area contributed by atoms with Gasteiger partial charge in [0.1, 0.15) is 10.8 Å². The summed E-state index contributed by atoms with van der Waals surface area (Å²) in [6, 6.07) is 1.47. The molecule has 19 heavy (non-hydrogen) atoms. The minimum absolute atomic E-state index is 0.127. The summed E-state index contributed by atoms with van der Waals surface area (Å²) >= 11 is 11.7. The highest BCUT2D eigenvalue weighted by Crippen LogP contribution is 2.40. The quantitative estimate of drug-likeness (QED) is 0.896. The van der Waals surface area contributed by atoms with E-state index in [0.29, 0.717) is 23.6 Å². The van der Waals surface area contributed by atoms with Gasteiger partial charge in [-0.25, -0.2) is 0 Å². The van der Waals surface area contributed by atoms with Crippen LogP contribution in [0.2, 0.25) is 10.2 Å². The molecule has 2 rings (SSSR count). The van der Waals surface area contributed by atoms with Crippen LogP contribution in [0.15, 0.2) is 6.07 Å². The second kappa shape index (κ2) is 5.06. The fourth-order valence-corrected chi connectivity index (χ4v) is 2.55. The number of aromatic nitrogens is 1. The zero-order valence-electron chi connectivity index (χ0n) is 10.4. The number of nitrogens with one attached hydrogen (secondary N) is 1. The number of nitrogens with zero attached hydrogens (tertiary/aromatic N) is 1. The standard InChI is InChI=1S/C12H14Cl2N2O3/c1-16-8(5-7(13)9(16)14)10(17)15-6-12(11(18)19)3-2-4-12/h5H,2-4,6H2,1H3,(H,15,17)(H,18,19). The lowest BCUT2D eigenvalue weighted by Crippen LogP contribution is -2.47. The second-order valence-electron chi connectivity index (χ2n) is 4.85. The van der Waals surface area contributed by atoms with Crippen molar-refractivity contribution in [2.24, 2.45) is 12.5 Å². The van der Waals surface area contributed by atoms with Crippen LogP contribution in [0.3, 0.4) is 0 Å². The molecule has 1 aromatic rings. The molecule has 0 bridgehead atoms. The maximum atomic E-state index is 12.0. The number of rotatable bonds is 4. The van der Waals surface area contributed by atoms with E-state index in [9.17, 15) is 14.7 Å². The van der Waals surface area contributed by atoms with Gasteiger partial charge < -0.3 is 15.0 Å². The smallest absolute Gasteiger partial charge is 0.311 e. The molecule has 0 radical (unpaired) electrons. The number of hydrogen-bond donors (Lipinski definition) is 2. The van der Waals surface area contributed by atoms with Gasteiger partial charge in [0, 0.05) is 13.6 Å². The number of carboxylic acid groups (broad SMARTS) is 1. The van der Waals surface area contributed by atoms with Crippen molar-refractivity contribution in [1.82, 2.24) is 9.88 Å². The highest BCUT2D eigenvalue weighted by Gasteiger charge is 2.44. The van der Waals surface area contributed by atoms with Crippen molar-refractivity contribution in [2.45, 2.75) is 19.3 Å². The molecule has 1 amide bonds. The lowest BCUT2D eigenvalue weighted by atomic mass is 9.69. The van der Waals surface area contributed by atoms with Gasteiger partial charge >= 0.3 is 5.97 Å². The first-order valence-electron chi connectivity index (χ1n) is 5.90. The Morgan fingerprint density at radius 2 is 2.11 bits per heavy atom. The number of carboxylic acids is 1. The Kier molecular flexibility index (Phi) is 3.78. The normalized spacial score (nSPS) is 16.8. The van der Waals surface area contributed by atoms with E-state index >= 15 is 0 Å². The topological polar surface area (TPSA) is 71.3 Å². The minimum Gasteiger partial charge on any atom is -0.481 e. The van der Waals surface area contributed by atoms with Crippen LogP contribution in [-0.2, 0) is 11.8 Å². The van der Waals surface area contributed by atoms with Crippen LogP contribution in [0, 0.1) is 5.41 Å². The summed E-state index contributed by atoms with van der Waals surface area (Å²) in [5.41, 5.74) is -0.496. The Morgan fingerprint density at radius 1 is 1.47 bits per heavy atom. The SMILES string of the molecule is Cn1c(C(=O)NCC2(C(=O)O)CCC2)cc(Cl)c1Cl. The van der Waals surface area contributed by atoms with Gasteiger partial charge in [-0.15, -0.1) is 0 Å². The predicted molar refractivity (Wildman–Crippen MR) is 71.7 cm³/mol. The Hall–Kier alpha value is -1.20. The van der Waals surface area contributed by atoms with Gasteiger partial charge in [0.15, 0.2) is 0 Å². The fourth-order valence-electron chi connectivity index (χ4n) is 2.17. The third-order valence-electron chi connectivity index (χ3n) is 3.70. The first kappa shape index (κ1) is 14.2. The molecule has 1 aromatic heterocycles. The summed E-state index contributed by atoms with van der Waals surface area (Å²) in [4.78, 5) is 23.2. The fraction of sp³-hybridized carbons (Fsp3) is 0.500. The van der Waals surface area contributed by atoms with Crippen LogP contribution in [-0.4, -0.2) is 28.1 Å².